The highest BCUT2D eigenvalue weighted by atomic mass is 32.2. The molecule has 1 amide bonds. The molecule has 0 atom stereocenters. The van der Waals surface area contributed by atoms with Crippen molar-refractivity contribution in [2.24, 2.45) is 0 Å². The van der Waals surface area contributed by atoms with E-state index in [0.717, 1.165) is 38.5 Å². The van der Waals surface area contributed by atoms with Gasteiger partial charge in [-0.25, -0.2) is 8.42 Å². The Bertz CT molecular complexity index is 385. The van der Waals surface area contributed by atoms with Gasteiger partial charge in [-0.15, -0.1) is 0 Å². The van der Waals surface area contributed by atoms with Gasteiger partial charge in [0.2, 0.25) is 15.9 Å². The van der Waals surface area contributed by atoms with E-state index in [9.17, 15) is 13.2 Å². The Labute approximate surface area is 116 Å². The van der Waals surface area contributed by atoms with Crippen LogP contribution in [-0.2, 0) is 14.8 Å². The molecule has 112 valence electrons. The minimum Gasteiger partial charge on any atom is -0.353 e. The van der Waals surface area contributed by atoms with E-state index in [1.54, 1.807) is 0 Å². The van der Waals surface area contributed by atoms with E-state index in [0.29, 0.717) is 0 Å². The number of rotatable bonds is 5. The molecule has 1 aliphatic carbocycles. The zero-order chi connectivity index (χ0) is 14.5. The first-order valence-electron chi connectivity index (χ1n) is 7.07. The molecule has 19 heavy (non-hydrogen) atoms. The molecule has 0 unspecified atom stereocenters. The molecule has 5 nitrogen and oxygen atoms in total. The largest absolute Gasteiger partial charge is 0.353 e. The number of nitrogens with one attached hydrogen (secondary N) is 1. The van der Waals surface area contributed by atoms with Crippen LogP contribution in [0.1, 0.15) is 52.4 Å². The lowest BCUT2D eigenvalue weighted by Crippen LogP contribution is -2.47. The zero-order valence-electron chi connectivity index (χ0n) is 12.2. The highest BCUT2D eigenvalue weighted by molar-refractivity contribution is 7.88. The first kappa shape index (κ1) is 16.4. The van der Waals surface area contributed by atoms with Crippen LogP contribution in [0, 0.1) is 0 Å². The molecule has 0 radical (unpaired) electrons. The highest BCUT2D eigenvalue weighted by Gasteiger charge is 2.29. The second-order valence-corrected chi connectivity index (χ2v) is 7.61. The maximum atomic E-state index is 11.9. The van der Waals surface area contributed by atoms with Crippen molar-refractivity contribution in [2.75, 3.05) is 12.8 Å². The van der Waals surface area contributed by atoms with Gasteiger partial charge in [0.05, 0.1) is 12.8 Å². The second-order valence-electron chi connectivity index (χ2n) is 5.68. The van der Waals surface area contributed by atoms with E-state index >= 15 is 0 Å². The fourth-order valence-corrected chi connectivity index (χ4v) is 3.68. The Morgan fingerprint density at radius 3 is 2.16 bits per heavy atom. The van der Waals surface area contributed by atoms with Crippen molar-refractivity contribution in [1.82, 2.24) is 9.62 Å². The summed E-state index contributed by atoms with van der Waals surface area (Å²) in [5.74, 6) is -0.218. The maximum absolute atomic E-state index is 11.9. The molecule has 6 heteroatoms. The second kappa shape index (κ2) is 7.24. The summed E-state index contributed by atoms with van der Waals surface area (Å²) in [5.41, 5.74) is 0. The number of hydrogen-bond acceptors (Lipinski definition) is 3. The van der Waals surface area contributed by atoms with Crippen LogP contribution >= 0.6 is 0 Å². The van der Waals surface area contributed by atoms with Gasteiger partial charge in [-0.1, -0.05) is 25.7 Å². The topological polar surface area (TPSA) is 66.5 Å². The molecule has 1 N–H and O–H groups in total. The molecular formula is C13H26N2O3S. The van der Waals surface area contributed by atoms with E-state index in [1.807, 2.05) is 13.8 Å². The van der Waals surface area contributed by atoms with Crippen LogP contribution in [0.25, 0.3) is 0 Å². The van der Waals surface area contributed by atoms with Gasteiger partial charge >= 0.3 is 0 Å². The van der Waals surface area contributed by atoms with E-state index in [2.05, 4.69) is 5.32 Å². The number of hydrogen-bond donors (Lipinski definition) is 1. The first-order chi connectivity index (χ1) is 8.80. The minimum atomic E-state index is -3.34. The number of carbonyl (C=O) groups excluding carboxylic acids is 1. The number of amides is 1. The molecule has 0 saturated heterocycles. The van der Waals surface area contributed by atoms with Crippen LogP contribution in [0.5, 0.6) is 0 Å². The van der Waals surface area contributed by atoms with Crippen LogP contribution in [0.15, 0.2) is 0 Å². The van der Waals surface area contributed by atoms with Crippen molar-refractivity contribution in [2.45, 2.75) is 64.5 Å². The molecule has 0 aromatic rings. The van der Waals surface area contributed by atoms with Crippen molar-refractivity contribution in [3.05, 3.63) is 0 Å². The van der Waals surface area contributed by atoms with Crippen LogP contribution in [0.3, 0.4) is 0 Å². The molecule has 1 aliphatic rings. The Morgan fingerprint density at radius 2 is 1.74 bits per heavy atom. The van der Waals surface area contributed by atoms with E-state index in [-0.39, 0.29) is 24.5 Å². The lowest BCUT2D eigenvalue weighted by molar-refractivity contribution is -0.122. The van der Waals surface area contributed by atoms with Gasteiger partial charge in [-0.2, -0.15) is 4.31 Å². The third-order valence-electron chi connectivity index (χ3n) is 3.41. The fourth-order valence-electron chi connectivity index (χ4n) is 2.57. The van der Waals surface area contributed by atoms with Crippen molar-refractivity contribution in [3.63, 3.8) is 0 Å². The third kappa shape index (κ3) is 5.91. The number of carbonyl (C=O) groups is 1. The van der Waals surface area contributed by atoms with E-state index < -0.39 is 10.0 Å². The molecule has 0 aromatic carbocycles. The summed E-state index contributed by atoms with van der Waals surface area (Å²) in [7, 11) is -3.34. The Kier molecular flexibility index (Phi) is 6.26. The number of nitrogens with zero attached hydrogens (tertiary/aromatic N) is 1. The van der Waals surface area contributed by atoms with Crippen molar-refractivity contribution >= 4 is 15.9 Å². The normalized spacial score (nSPS) is 18.6. The predicted molar refractivity (Wildman–Crippen MR) is 76.3 cm³/mol. The maximum Gasteiger partial charge on any atom is 0.235 e. The zero-order valence-corrected chi connectivity index (χ0v) is 13.0. The summed E-state index contributed by atoms with van der Waals surface area (Å²) in [6, 6.07) is 0.0125. The van der Waals surface area contributed by atoms with Gasteiger partial charge in [0.25, 0.3) is 0 Å². The Hall–Kier alpha value is -0.620. The molecule has 0 bridgehead atoms. The molecular weight excluding hydrogens is 264 g/mol. The van der Waals surface area contributed by atoms with Crippen molar-refractivity contribution < 1.29 is 13.2 Å². The smallest absolute Gasteiger partial charge is 0.235 e. The average Bonchev–Trinajstić information content (AvgIpc) is 2.51. The van der Waals surface area contributed by atoms with Gasteiger partial charge in [0.1, 0.15) is 0 Å². The molecule has 1 saturated carbocycles. The lowest BCUT2D eigenvalue weighted by Gasteiger charge is -2.28. The minimum absolute atomic E-state index is 0.0181. The quantitative estimate of drug-likeness (QED) is 0.780. The summed E-state index contributed by atoms with van der Waals surface area (Å²) in [6.07, 6.45) is 7.33. The van der Waals surface area contributed by atoms with E-state index in [1.165, 1.54) is 10.6 Å². The standard InChI is InChI=1S/C13H26N2O3S/c1-11(2)14-13(16)10-15(19(3,17)18)12-8-6-4-5-7-9-12/h11-12H,4-10H2,1-3H3,(H,14,16). The van der Waals surface area contributed by atoms with E-state index in [4.69, 9.17) is 0 Å². The average molecular weight is 290 g/mol. The summed E-state index contributed by atoms with van der Waals surface area (Å²) in [4.78, 5) is 11.8. The highest BCUT2D eigenvalue weighted by Crippen LogP contribution is 2.23. The molecule has 1 rings (SSSR count). The molecule has 0 aromatic heterocycles. The lowest BCUT2D eigenvalue weighted by atomic mass is 10.1. The SMILES string of the molecule is CC(C)NC(=O)CN(C1CCCCCC1)S(C)(=O)=O. The summed E-state index contributed by atoms with van der Waals surface area (Å²) >= 11 is 0. The van der Waals surface area contributed by atoms with Gasteiger partial charge in [-0.05, 0) is 26.7 Å². The van der Waals surface area contributed by atoms with Gasteiger partial charge < -0.3 is 5.32 Å². The molecule has 0 aliphatic heterocycles. The summed E-state index contributed by atoms with van der Waals surface area (Å²) in [5, 5.41) is 2.75. The van der Waals surface area contributed by atoms with Gasteiger partial charge in [-0.3, -0.25) is 4.79 Å². The molecule has 0 heterocycles. The first-order valence-corrected chi connectivity index (χ1v) is 8.91. The third-order valence-corrected chi connectivity index (χ3v) is 4.69. The van der Waals surface area contributed by atoms with Crippen LogP contribution in [-0.4, -0.2) is 43.5 Å². The Morgan fingerprint density at radius 1 is 1.21 bits per heavy atom. The van der Waals surface area contributed by atoms with Gasteiger partial charge in [0.15, 0.2) is 0 Å². The summed E-state index contributed by atoms with van der Waals surface area (Å²) < 4.78 is 25.2. The van der Waals surface area contributed by atoms with Crippen molar-refractivity contribution in [3.8, 4) is 0 Å². The monoisotopic (exact) mass is 290 g/mol. The number of sulfonamides is 1. The van der Waals surface area contributed by atoms with Crippen LogP contribution in [0.4, 0.5) is 0 Å². The molecule has 1 fully saturated rings. The molecule has 0 spiro atoms. The van der Waals surface area contributed by atoms with Gasteiger partial charge in [0, 0.05) is 12.1 Å². The van der Waals surface area contributed by atoms with Crippen LogP contribution < -0.4 is 5.32 Å². The van der Waals surface area contributed by atoms with Crippen molar-refractivity contribution in [1.29, 1.82) is 0 Å². The fraction of sp³-hybridized carbons (Fsp3) is 0.923. The van der Waals surface area contributed by atoms with Crippen LogP contribution in [0.2, 0.25) is 0 Å². The predicted octanol–water partition coefficient (Wildman–Crippen LogP) is 1.50. The Balaban J connectivity index is 2.74. The summed E-state index contributed by atoms with van der Waals surface area (Å²) in [6.45, 7) is 3.68.